The number of phenols is 1. The number of nitrogens with two attached hydrogens (primary N) is 1. The molecule has 0 aliphatic heterocycles. The second-order valence-electron chi connectivity index (χ2n) is 8.09. The average molecular weight is 370 g/mol. The largest absolute Gasteiger partial charge is 0.506 e. The number of hydrogen-bond acceptors (Lipinski definition) is 6. The molecule has 1 aromatic rings. The molecule has 0 saturated heterocycles. The van der Waals surface area contributed by atoms with Gasteiger partial charge in [-0.1, -0.05) is 6.07 Å². The van der Waals surface area contributed by atoms with Crippen LogP contribution in [0.2, 0.25) is 0 Å². The topological polar surface area (TPSA) is 80.0 Å². The van der Waals surface area contributed by atoms with E-state index in [1.807, 2.05) is 73.1 Å². The summed E-state index contributed by atoms with van der Waals surface area (Å²) in [6.07, 6.45) is 1.77. The molecule has 7 nitrogen and oxygen atoms in total. The quantitative estimate of drug-likeness (QED) is 0.193. The second kappa shape index (κ2) is 8.54. The molecule has 1 aromatic carbocycles. The van der Waals surface area contributed by atoms with Crippen molar-refractivity contribution in [3.63, 3.8) is 0 Å². The first-order valence-electron chi connectivity index (χ1n) is 9.01. The minimum Gasteiger partial charge on any atom is -0.506 e. The number of rotatable bonds is 10. The van der Waals surface area contributed by atoms with Crippen LogP contribution in [0.1, 0.15) is 39.7 Å². The molecule has 4 N–H and O–H groups in total. The van der Waals surface area contributed by atoms with E-state index < -0.39 is 11.4 Å². The zero-order chi connectivity index (χ0) is 20.2. The zero-order valence-corrected chi connectivity index (χ0v) is 17.6. The van der Waals surface area contributed by atoms with Crippen LogP contribution in [-0.4, -0.2) is 61.0 Å². The van der Waals surface area contributed by atoms with Crippen molar-refractivity contribution in [3.8, 4) is 5.75 Å². The van der Waals surface area contributed by atoms with Crippen molar-refractivity contribution in [2.75, 3.05) is 40.5 Å². The molecule has 0 aliphatic rings. The van der Waals surface area contributed by atoms with Gasteiger partial charge in [0.25, 0.3) is 0 Å². The first-order chi connectivity index (χ1) is 11.8. The van der Waals surface area contributed by atoms with Crippen molar-refractivity contribution >= 4 is 5.69 Å². The van der Waals surface area contributed by atoms with Gasteiger partial charge < -0.3 is 10.8 Å². The minimum atomic E-state index is -0.578. The van der Waals surface area contributed by atoms with E-state index in [-0.39, 0.29) is 10.4 Å². The van der Waals surface area contributed by atoms with Crippen molar-refractivity contribution < 1.29 is 19.4 Å². The Morgan fingerprint density at radius 1 is 1.23 bits per heavy atom. The summed E-state index contributed by atoms with van der Waals surface area (Å²) in [4.78, 5) is 12.3. The molecule has 0 fully saturated rings. The number of phenolic OH excluding ortho intramolecular Hbond substituents is 1. The number of quaternary nitrogens is 1. The fourth-order valence-electron chi connectivity index (χ4n) is 2.52. The number of hydrogen-bond donors (Lipinski definition) is 3. The Morgan fingerprint density at radius 3 is 2.38 bits per heavy atom. The Bertz CT molecular complexity index is 588. The highest BCUT2D eigenvalue weighted by Crippen LogP contribution is 2.27. The lowest BCUT2D eigenvalue weighted by Crippen LogP contribution is -2.63. The highest BCUT2D eigenvalue weighted by molar-refractivity contribution is 5.53. The molecular weight excluding hydrogens is 332 g/mol. The Kier molecular flexibility index (Phi) is 7.44. The summed E-state index contributed by atoms with van der Waals surface area (Å²) < 4.78 is 0.236. The lowest BCUT2D eigenvalue weighted by molar-refractivity contribution is -1.14. The van der Waals surface area contributed by atoms with Gasteiger partial charge in [0.05, 0.1) is 5.69 Å². The first-order valence-corrected chi connectivity index (χ1v) is 9.01. The van der Waals surface area contributed by atoms with Crippen molar-refractivity contribution in [2.24, 2.45) is 0 Å². The molecule has 0 aliphatic carbocycles. The average Bonchev–Trinajstić information content (AvgIpc) is 2.49. The van der Waals surface area contributed by atoms with Gasteiger partial charge in [-0.2, -0.15) is 14.5 Å². The monoisotopic (exact) mass is 369 g/mol. The van der Waals surface area contributed by atoms with Crippen LogP contribution in [0.15, 0.2) is 18.2 Å². The van der Waals surface area contributed by atoms with E-state index in [0.29, 0.717) is 5.69 Å². The molecule has 0 bridgehead atoms. The van der Waals surface area contributed by atoms with E-state index in [1.165, 1.54) is 0 Å². The molecule has 0 heterocycles. The van der Waals surface area contributed by atoms with E-state index >= 15 is 0 Å². The predicted octanol–water partition coefficient (Wildman–Crippen LogP) is 2.47. The number of hydroxylamine groups is 5. The van der Waals surface area contributed by atoms with Gasteiger partial charge in [0.1, 0.15) is 19.8 Å². The summed E-state index contributed by atoms with van der Waals surface area (Å²) in [7, 11) is 7.75. The molecule has 1 rings (SSSR count). The van der Waals surface area contributed by atoms with Gasteiger partial charge in [0, 0.05) is 27.4 Å². The van der Waals surface area contributed by atoms with E-state index in [0.717, 1.165) is 24.9 Å². The van der Waals surface area contributed by atoms with Gasteiger partial charge in [-0.15, -0.1) is 0 Å². The third-order valence-electron chi connectivity index (χ3n) is 4.76. The van der Waals surface area contributed by atoms with Gasteiger partial charge in [0.2, 0.25) is 5.72 Å². The Balaban J connectivity index is 2.56. The van der Waals surface area contributed by atoms with Crippen LogP contribution in [0.25, 0.3) is 0 Å². The van der Waals surface area contributed by atoms with Crippen molar-refractivity contribution in [1.29, 1.82) is 0 Å². The van der Waals surface area contributed by atoms with E-state index in [4.69, 9.17) is 15.4 Å². The van der Waals surface area contributed by atoms with Crippen LogP contribution in [0.3, 0.4) is 0 Å². The lowest BCUT2D eigenvalue weighted by Gasteiger charge is -2.45. The third-order valence-corrected chi connectivity index (χ3v) is 4.76. The maximum absolute atomic E-state index is 9.49. The summed E-state index contributed by atoms with van der Waals surface area (Å²) in [5, 5.41) is 14.5. The molecular formula is C19H37N4O3+. The molecule has 7 heteroatoms. The van der Waals surface area contributed by atoms with Crippen molar-refractivity contribution in [1.82, 2.24) is 10.4 Å². The zero-order valence-electron chi connectivity index (χ0n) is 17.6. The normalized spacial score (nSPS) is 13.4. The Hall–Kier alpha value is -1.38. The SMILES string of the molecule is CNC(C)(C)O[N+](C)(C)C(C)(C)ON(C)CCCc1ccc(O)c(N)c1. The number of nitrogens with one attached hydrogen (secondary N) is 1. The highest BCUT2D eigenvalue weighted by atomic mass is 16.8. The number of aryl methyl sites for hydroxylation is 1. The summed E-state index contributed by atoms with van der Waals surface area (Å²) in [5.41, 5.74) is 6.20. The molecule has 26 heavy (non-hydrogen) atoms. The van der Waals surface area contributed by atoms with Crippen LogP contribution in [-0.2, 0) is 16.1 Å². The molecule has 0 unspecified atom stereocenters. The van der Waals surface area contributed by atoms with Crippen molar-refractivity contribution in [2.45, 2.75) is 52.0 Å². The van der Waals surface area contributed by atoms with Crippen LogP contribution in [0, 0.1) is 0 Å². The van der Waals surface area contributed by atoms with Crippen LogP contribution < -0.4 is 11.1 Å². The van der Waals surface area contributed by atoms with Crippen LogP contribution in [0.5, 0.6) is 5.75 Å². The number of nitrogen functional groups attached to an aromatic ring is 1. The lowest BCUT2D eigenvalue weighted by atomic mass is 10.1. The maximum atomic E-state index is 9.49. The van der Waals surface area contributed by atoms with Gasteiger partial charge in [-0.25, -0.2) is 4.84 Å². The Labute approximate surface area is 158 Å². The molecule has 0 amide bonds. The number of anilines is 1. The molecule has 0 atom stereocenters. The summed E-state index contributed by atoms with van der Waals surface area (Å²) in [6, 6.07) is 5.34. The molecule has 150 valence electrons. The highest BCUT2D eigenvalue weighted by Gasteiger charge is 2.45. The maximum Gasteiger partial charge on any atom is 0.244 e. The second-order valence-corrected chi connectivity index (χ2v) is 8.09. The third kappa shape index (κ3) is 6.41. The van der Waals surface area contributed by atoms with E-state index in [2.05, 4.69) is 5.32 Å². The van der Waals surface area contributed by atoms with E-state index in [9.17, 15) is 5.11 Å². The smallest absolute Gasteiger partial charge is 0.244 e. The number of nitrogens with zero attached hydrogens (tertiary/aromatic N) is 2. The summed E-state index contributed by atoms with van der Waals surface area (Å²) >= 11 is 0. The van der Waals surface area contributed by atoms with E-state index in [1.54, 1.807) is 6.07 Å². The van der Waals surface area contributed by atoms with Gasteiger partial charge >= 0.3 is 0 Å². The fourth-order valence-corrected chi connectivity index (χ4v) is 2.52. The summed E-state index contributed by atoms with van der Waals surface area (Å²) in [6.45, 7) is 8.75. The molecule has 0 aromatic heterocycles. The standard InChI is InChI=1S/C19H36N4O3/c1-18(2,21-5)26-23(7,8)19(3,4)25-22(6)13-9-10-15-11-12-17(24)16(20)14-15/h11-12,14,21H,9-10,13,20H2,1-8H3/p+1. The first kappa shape index (κ1) is 22.7. The van der Waals surface area contributed by atoms with Crippen molar-refractivity contribution in [3.05, 3.63) is 23.8 Å². The van der Waals surface area contributed by atoms with Gasteiger partial charge in [0.15, 0.2) is 5.72 Å². The fraction of sp³-hybridized carbons (Fsp3) is 0.684. The van der Waals surface area contributed by atoms with Gasteiger partial charge in [-0.05, 0) is 51.4 Å². The number of benzene rings is 1. The molecule has 0 saturated carbocycles. The number of aromatic hydroxyl groups is 1. The molecule has 0 spiro atoms. The minimum absolute atomic E-state index is 0.125. The van der Waals surface area contributed by atoms with Gasteiger partial charge in [-0.3, -0.25) is 5.32 Å². The predicted molar refractivity (Wildman–Crippen MR) is 105 cm³/mol. The van der Waals surface area contributed by atoms with Crippen LogP contribution >= 0.6 is 0 Å². The Morgan fingerprint density at radius 2 is 1.85 bits per heavy atom. The van der Waals surface area contributed by atoms with Crippen LogP contribution in [0.4, 0.5) is 5.69 Å². The molecule has 0 radical (unpaired) electrons. The summed E-state index contributed by atoms with van der Waals surface area (Å²) in [5.74, 6) is 0.125.